The van der Waals surface area contributed by atoms with Gasteiger partial charge in [-0.3, -0.25) is 0 Å². The van der Waals surface area contributed by atoms with Crippen LogP contribution in [-0.2, 0) is 4.74 Å². The molecule has 104 valence electrons. The van der Waals surface area contributed by atoms with Gasteiger partial charge in [0.15, 0.2) is 0 Å². The Hall–Kier alpha value is -1.08. The van der Waals surface area contributed by atoms with Crippen molar-refractivity contribution in [3.63, 3.8) is 0 Å². The van der Waals surface area contributed by atoms with Gasteiger partial charge < -0.3 is 9.47 Å². The molecule has 0 saturated carbocycles. The van der Waals surface area contributed by atoms with Crippen LogP contribution in [0.2, 0.25) is 0 Å². The van der Waals surface area contributed by atoms with Gasteiger partial charge in [0, 0.05) is 8.04 Å². The summed E-state index contributed by atoms with van der Waals surface area (Å²) in [7, 11) is 0. The minimum absolute atomic E-state index is 0.223. The summed E-state index contributed by atoms with van der Waals surface area (Å²) < 4.78 is 12.7. The Morgan fingerprint density at radius 3 is 2.30 bits per heavy atom. The minimum Gasteiger partial charge on any atom is -0.490 e. The molecule has 0 saturated heterocycles. The number of halogens is 2. The predicted molar refractivity (Wildman–Crippen MR) is 89.1 cm³/mol. The largest absolute Gasteiger partial charge is 0.490 e. The lowest BCUT2D eigenvalue weighted by atomic mass is 10.2. The molecule has 0 aliphatic rings. The second-order valence-electron chi connectivity index (χ2n) is 3.95. The van der Waals surface area contributed by atoms with Crippen LogP contribution in [0.15, 0.2) is 53.0 Å². The van der Waals surface area contributed by atoms with E-state index in [2.05, 4.69) is 38.5 Å². The Bertz CT molecular complexity index is 567. The molecule has 0 radical (unpaired) electrons. The van der Waals surface area contributed by atoms with Crippen LogP contribution in [0.25, 0.3) is 0 Å². The van der Waals surface area contributed by atoms with E-state index in [0.29, 0.717) is 12.2 Å². The topological polar surface area (TPSA) is 35.5 Å². The van der Waals surface area contributed by atoms with Gasteiger partial charge in [0.2, 0.25) is 0 Å². The monoisotopic (exact) mass is 446 g/mol. The van der Waals surface area contributed by atoms with Crippen molar-refractivity contribution >= 4 is 44.5 Å². The summed E-state index contributed by atoms with van der Waals surface area (Å²) in [6.45, 7) is 0.554. The Kier molecular flexibility index (Phi) is 5.85. The van der Waals surface area contributed by atoms with Crippen LogP contribution in [0.1, 0.15) is 10.4 Å². The summed E-state index contributed by atoms with van der Waals surface area (Å²) in [4.78, 5) is 11.7. The zero-order valence-electron chi connectivity index (χ0n) is 10.5. The summed E-state index contributed by atoms with van der Waals surface area (Å²) in [5, 5.41) is 0. The average molecular weight is 447 g/mol. The Labute approximate surface area is 139 Å². The summed E-state index contributed by atoms with van der Waals surface area (Å²) in [5.74, 6) is 0.416. The zero-order chi connectivity index (χ0) is 14.4. The fraction of sp³-hybridized carbons (Fsp3) is 0.133. The van der Waals surface area contributed by atoms with Gasteiger partial charge in [-0.1, -0.05) is 15.9 Å². The SMILES string of the molecule is O=C(OCCOc1ccc(Br)cc1)c1ccc(I)cc1. The van der Waals surface area contributed by atoms with Crippen molar-refractivity contribution in [1.29, 1.82) is 0 Å². The molecule has 0 fully saturated rings. The molecule has 20 heavy (non-hydrogen) atoms. The first-order valence-corrected chi connectivity index (χ1v) is 7.83. The van der Waals surface area contributed by atoms with E-state index in [1.807, 2.05) is 36.4 Å². The molecule has 0 aliphatic heterocycles. The summed E-state index contributed by atoms with van der Waals surface area (Å²) >= 11 is 5.54. The number of benzene rings is 2. The maximum Gasteiger partial charge on any atom is 0.338 e. The number of hydrogen-bond donors (Lipinski definition) is 0. The molecule has 0 atom stereocenters. The number of carbonyl (C=O) groups is 1. The highest BCUT2D eigenvalue weighted by Crippen LogP contribution is 2.16. The molecule has 2 rings (SSSR count). The van der Waals surface area contributed by atoms with Gasteiger partial charge in [0.1, 0.15) is 19.0 Å². The number of esters is 1. The van der Waals surface area contributed by atoms with Crippen molar-refractivity contribution < 1.29 is 14.3 Å². The molecular formula is C15H12BrIO3. The predicted octanol–water partition coefficient (Wildman–Crippen LogP) is 4.29. The van der Waals surface area contributed by atoms with E-state index in [1.54, 1.807) is 12.1 Å². The first kappa shape index (κ1) is 15.3. The van der Waals surface area contributed by atoms with Crippen LogP contribution in [-0.4, -0.2) is 19.2 Å². The van der Waals surface area contributed by atoms with E-state index in [4.69, 9.17) is 9.47 Å². The van der Waals surface area contributed by atoms with E-state index in [1.165, 1.54) is 0 Å². The molecule has 2 aromatic rings. The Balaban J connectivity index is 1.74. The van der Waals surface area contributed by atoms with E-state index in [-0.39, 0.29) is 12.6 Å². The van der Waals surface area contributed by atoms with Crippen LogP contribution in [0.3, 0.4) is 0 Å². The van der Waals surface area contributed by atoms with Gasteiger partial charge in [0.25, 0.3) is 0 Å². The molecule has 0 aliphatic carbocycles. The van der Waals surface area contributed by atoms with Crippen LogP contribution < -0.4 is 4.74 Å². The maximum atomic E-state index is 11.7. The fourth-order valence-corrected chi connectivity index (χ4v) is 2.12. The third kappa shape index (κ3) is 4.79. The number of ether oxygens (including phenoxy) is 2. The normalized spacial score (nSPS) is 10.1. The van der Waals surface area contributed by atoms with Crippen molar-refractivity contribution in [2.24, 2.45) is 0 Å². The van der Waals surface area contributed by atoms with Gasteiger partial charge in [-0.15, -0.1) is 0 Å². The van der Waals surface area contributed by atoms with Crippen LogP contribution in [0.5, 0.6) is 5.75 Å². The second kappa shape index (κ2) is 7.64. The number of hydrogen-bond acceptors (Lipinski definition) is 3. The summed E-state index contributed by atoms with van der Waals surface area (Å²) in [5.41, 5.74) is 0.550. The molecular weight excluding hydrogens is 435 g/mol. The highest BCUT2D eigenvalue weighted by Gasteiger charge is 2.06. The van der Waals surface area contributed by atoms with Crippen LogP contribution in [0, 0.1) is 3.57 Å². The maximum absolute atomic E-state index is 11.7. The lowest BCUT2D eigenvalue weighted by Crippen LogP contribution is -2.12. The first-order chi connectivity index (χ1) is 9.65. The molecule has 0 unspecified atom stereocenters. The Morgan fingerprint density at radius 2 is 1.65 bits per heavy atom. The fourth-order valence-electron chi connectivity index (χ4n) is 1.49. The molecule has 2 aromatic carbocycles. The van der Waals surface area contributed by atoms with E-state index in [0.717, 1.165) is 13.8 Å². The standard InChI is InChI=1S/C15H12BrIO3/c16-12-3-7-14(8-4-12)19-9-10-20-15(18)11-1-5-13(17)6-2-11/h1-8H,9-10H2. The smallest absolute Gasteiger partial charge is 0.338 e. The Morgan fingerprint density at radius 1 is 1.00 bits per heavy atom. The van der Waals surface area contributed by atoms with Crippen molar-refractivity contribution in [3.8, 4) is 5.75 Å². The quantitative estimate of drug-likeness (QED) is 0.390. The molecule has 0 N–H and O–H groups in total. The molecule has 0 aromatic heterocycles. The highest BCUT2D eigenvalue weighted by atomic mass is 127. The molecule has 0 heterocycles. The highest BCUT2D eigenvalue weighted by molar-refractivity contribution is 14.1. The second-order valence-corrected chi connectivity index (χ2v) is 6.11. The van der Waals surface area contributed by atoms with Gasteiger partial charge in [0.05, 0.1) is 5.56 Å². The third-order valence-corrected chi connectivity index (χ3v) is 3.73. The van der Waals surface area contributed by atoms with Gasteiger partial charge in [-0.2, -0.15) is 0 Å². The molecule has 0 amide bonds. The van der Waals surface area contributed by atoms with Crippen LogP contribution >= 0.6 is 38.5 Å². The average Bonchev–Trinajstić information content (AvgIpc) is 2.46. The summed E-state index contributed by atoms with van der Waals surface area (Å²) in [6, 6.07) is 14.7. The minimum atomic E-state index is -0.333. The summed E-state index contributed by atoms with van der Waals surface area (Å²) in [6.07, 6.45) is 0. The first-order valence-electron chi connectivity index (χ1n) is 5.96. The van der Waals surface area contributed by atoms with E-state index in [9.17, 15) is 4.79 Å². The van der Waals surface area contributed by atoms with Gasteiger partial charge >= 0.3 is 5.97 Å². The van der Waals surface area contributed by atoms with E-state index < -0.39 is 0 Å². The molecule has 0 spiro atoms. The van der Waals surface area contributed by atoms with Crippen molar-refractivity contribution in [1.82, 2.24) is 0 Å². The van der Waals surface area contributed by atoms with E-state index >= 15 is 0 Å². The molecule has 3 nitrogen and oxygen atoms in total. The van der Waals surface area contributed by atoms with Crippen molar-refractivity contribution in [3.05, 3.63) is 62.1 Å². The van der Waals surface area contributed by atoms with Crippen LogP contribution in [0.4, 0.5) is 0 Å². The lowest BCUT2D eigenvalue weighted by molar-refractivity contribution is 0.0450. The lowest BCUT2D eigenvalue weighted by Gasteiger charge is -2.07. The molecule has 5 heteroatoms. The van der Waals surface area contributed by atoms with Crippen molar-refractivity contribution in [2.45, 2.75) is 0 Å². The number of carbonyl (C=O) groups excluding carboxylic acids is 1. The molecule has 0 bridgehead atoms. The van der Waals surface area contributed by atoms with Gasteiger partial charge in [-0.25, -0.2) is 4.79 Å². The number of rotatable bonds is 5. The zero-order valence-corrected chi connectivity index (χ0v) is 14.3. The van der Waals surface area contributed by atoms with Gasteiger partial charge in [-0.05, 0) is 71.1 Å². The third-order valence-electron chi connectivity index (χ3n) is 2.48. The van der Waals surface area contributed by atoms with Crippen molar-refractivity contribution in [2.75, 3.05) is 13.2 Å².